The van der Waals surface area contributed by atoms with Gasteiger partial charge in [-0.1, -0.05) is 30.3 Å². The fourth-order valence-corrected chi connectivity index (χ4v) is 3.71. The van der Waals surface area contributed by atoms with Crippen LogP contribution in [-0.2, 0) is 6.42 Å². The highest BCUT2D eigenvalue weighted by molar-refractivity contribution is 7.16. The van der Waals surface area contributed by atoms with E-state index in [9.17, 15) is 4.79 Å². The van der Waals surface area contributed by atoms with Crippen LogP contribution in [0.25, 0.3) is 0 Å². The van der Waals surface area contributed by atoms with Crippen LogP contribution in [0.5, 0.6) is 0 Å². The Morgan fingerprint density at radius 1 is 1.21 bits per heavy atom. The number of benzene rings is 1. The lowest BCUT2D eigenvalue weighted by molar-refractivity contribution is 0.100. The zero-order valence-corrected chi connectivity index (χ0v) is 14.4. The van der Waals surface area contributed by atoms with Crippen molar-refractivity contribution in [2.24, 2.45) is 10.7 Å². The van der Waals surface area contributed by atoms with Crippen LogP contribution in [0.15, 0.2) is 51.9 Å². The van der Waals surface area contributed by atoms with Crippen LogP contribution < -0.4 is 5.73 Å². The number of nitrogens with two attached hydrogens (primary N) is 1. The van der Waals surface area contributed by atoms with Crippen LogP contribution in [0.3, 0.4) is 0 Å². The van der Waals surface area contributed by atoms with E-state index in [4.69, 9.17) is 10.2 Å². The molecule has 122 valence electrons. The quantitative estimate of drug-likeness (QED) is 0.701. The summed E-state index contributed by atoms with van der Waals surface area (Å²) in [6.45, 7) is 3.80. The summed E-state index contributed by atoms with van der Waals surface area (Å²) in [6.07, 6.45) is 2.38. The van der Waals surface area contributed by atoms with Crippen molar-refractivity contribution in [3.63, 3.8) is 0 Å². The maximum atomic E-state index is 11.9. The third-order valence-electron chi connectivity index (χ3n) is 3.75. The fraction of sp³-hybridized carbons (Fsp3) is 0.158. The van der Waals surface area contributed by atoms with Gasteiger partial charge in [0.25, 0.3) is 5.91 Å². The van der Waals surface area contributed by atoms with Gasteiger partial charge in [0.1, 0.15) is 16.5 Å². The molecule has 2 N–H and O–H groups in total. The van der Waals surface area contributed by atoms with Crippen molar-refractivity contribution in [2.75, 3.05) is 0 Å². The van der Waals surface area contributed by atoms with Crippen molar-refractivity contribution in [1.29, 1.82) is 0 Å². The van der Waals surface area contributed by atoms with E-state index in [1.165, 1.54) is 16.9 Å². The lowest BCUT2D eigenvalue weighted by Gasteiger charge is -2.00. The highest BCUT2D eigenvalue weighted by Crippen LogP contribution is 2.36. The zero-order chi connectivity index (χ0) is 17.1. The Morgan fingerprint density at radius 2 is 1.96 bits per heavy atom. The Kier molecular flexibility index (Phi) is 4.62. The van der Waals surface area contributed by atoms with Crippen molar-refractivity contribution in [1.82, 2.24) is 0 Å². The highest BCUT2D eigenvalue weighted by Gasteiger charge is 2.19. The first-order valence-electron chi connectivity index (χ1n) is 7.61. The van der Waals surface area contributed by atoms with E-state index in [0.29, 0.717) is 16.3 Å². The number of nitrogens with zero attached hydrogens (tertiary/aromatic N) is 1. The molecule has 2 heterocycles. The van der Waals surface area contributed by atoms with Crippen LogP contribution in [0.1, 0.15) is 37.9 Å². The van der Waals surface area contributed by atoms with Gasteiger partial charge in [0, 0.05) is 11.3 Å². The lowest BCUT2D eigenvalue weighted by Crippen LogP contribution is -2.11. The van der Waals surface area contributed by atoms with Crippen LogP contribution in [0.4, 0.5) is 5.00 Å². The maximum Gasteiger partial charge on any atom is 0.252 e. The van der Waals surface area contributed by atoms with Crippen molar-refractivity contribution in [3.05, 3.63) is 75.6 Å². The maximum absolute atomic E-state index is 11.9. The molecular weight excluding hydrogens is 320 g/mol. The summed E-state index contributed by atoms with van der Waals surface area (Å²) in [5, 5.41) is 0.625. The molecule has 3 aromatic rings. The molecule has 3 rings (SSSR count). The minimum atomic E-state index is -0.453. The Balaban J connectivity index is 1.95. The normalized spacial score (nSPS) is 11.2. The average molecular weight is 338 g/mol. The van der Waals surface area contributed by atoms with Gasteiger partial charge >= 0.3 is 0 Å². The number of thiophene rings is 1. The van der Waals surface area contributed by atoms with E-state index in [0.717, 1.165) is 22.6 Å². The van der Waals surface area contributed by atoms with Crippen LogP contribution in [0, 0.1) is 13.8 Å². The fourth-order valence-electron chi connectivity index (χ4n) is 2.52. The molecule has 0 aliphatic rings. The van der Waals surface area contributed by atoms with Crippen LogP contribution >= 0.6 is 11.3 Å². The molecule has 0 saturated carbocycles. The van der Waals surface area contributed by atoms with Gasteiger partial charge in [-0.3, -0.25) is 4.79 Å². The number of carbonyl (C=O) groups excluding carboxylic acids is 1. The second-order valence-corrected chi connectivity index (χ2v) is 6.65. The summed E-state index contributed by atoms with van der Waals surface area (Å²) < 4.78 is 5.48. The smallest absolute Gasteiger partial charge is 0.252 e. The van der Waals surface area contributed by atoms with Gasteiger partial charge < -0.3 is 10.2 Å². The van der Waals surface area contributed by atoms with Crippen molar-refractivity contribution in [2.45, 2.75) is 20.3 Å². The molecule has 0 bridgehead atoms. The molecule has 0 aliphatic heterocycles. The first-order chi connectivity index (χ1) is 11.5. The third-order valence-corrected chi connectivity index (χ3v) is 4.95. The molecule has 0 radical (unpaired) electrons. The number of hydrogen-bond acceptors (Lipinski definition) is 4. The summed E-state index contributed by atoms with van der Waals surface area (Å²) in [7, 11) is 0. The molecule has 24 heavy (non-hydrogen) atoms. The number of hydrogen-bond donors (Lipinski definition) is 1. The summed E-state index contributed by atoms with van der Waals surface area (Å²) in [6, 6.07) is 13.8. The number of furan rings is 1. The van der Waals surface area contributed by atoms with E-state index in [1.54, 1.807) is 6.21 Å². The van der Waals surface area contributed by atoms with E-state index >= 15 is 0 Å². The Bertz CT molecular complexity index is 891. The van der Waals surface area contributed by atoms with Gasteiger partial charge in [-0.25, -0.2) is 4.99 Å². The van der Waals surface area contributed by atoms with Gasteiger partial charge in [-0.05, 0) is 37.1 Å². The number of rotatable bonds is 5. The molecule has 2 aromatic heterocycles. The van der Waals surface area contributed by atoms with E-state index < -0.39 is 5.91 Å². The number of aryl methyl sites for hydroxylation is 1. The number of amides is 1. The Labute approximate surface area is 144 Å². The molecule has 4 nitrogen and oxygen atoms in total. The molecule has 1 amide bonds. The SMILES string of the molecule is Cc1ccc(C=Nc2sc(Cc3ccccc3)c(C)c2C(N)=O)o1. The van der Waals surface area contributed by atoms with Crippen molar-refractivity contribution < 1.29 is 9.21 Å². The van der Waals surface area contributed by atoms with Gasteiger partial charge in [-0.2, -0.15) is 0 Å². The molecule has 0 unspecified atom stereocenters. The van der Waals surface area contributed by atoms with Crippen LogP contribution in [-0.4, -0.2) is 12.1 Å². The van der Waals surface area contributed by atoms with Crippen molar-refractivity contribution in [3.8, 4) is 0 Å². The topological polar surface area (TPSA) is 68.6 Å². The van der Waals surface area contributed by atoms with Gasteiger partial charge in [0.2, 0.25) is 0 Å². The first-order valence-corrected chi connectivity index (χ1v) is 8.42. The molecule has 0 fully saturated rings. The predicted molar refractivity (Wildman–Crippen MR) is 97.5 cm³/mol. The summed E-state index contributed by atoms with van der Waals surface area (Å²) in [5.74, 6) is 1.02. The summed E-state index contributed by atoms with van der Waals surface area (Å²) in [4.78, 5) is 17.4. The Morgan fingerprint density at radius 3 is 2.58 bits per heavy atom. The van der Waals surface area contributed by atoms with Gasteiger partial charge in [0.15, 0.2) is 0 Å². The minimum Gasteiger partial charge on any atom is -0.460 e. The Hall–Kier alpha value is -2.66. The summed E-state index contributed by atoms with van der Waals surface area (Å²) >= 11 is 1.49. The van der Waals surface area contributed by atoms with E-state index in [2.05, 4.69) is 17.1 Å². The summed E-state index contributed by atoms with van der Waals surface area (Å²) in [5.41, 5.74) is 8.15. The molecule has 0 aliphatic carbocycles. The van der Waals surface area contributed by atoms with E-state index in [1.807, 2.05) is 44.2 Å². The molecule has 0 atom stereocenters. The van der Waals surface area contributed by atoms with Crippen LogP contribution in [0.2, 0.25) is 0 Å². The van der Waals surface area contributed by atoms with E-state index in [-0.39, 0.29) is 0 Å². The largest absolute Gasteiger partial charge is 0.460 e. The average Bonchev–Trinajstić information content (AvgIpc) is 3.10. The highest BCUT2D eigenvalue weighted by atomic mass is 32.1. The third kappa shape index (κ3) is 3.46. The lowest BCUT2D eigenvalue weighted by atomic mass is 10.1. The van der Waals surface area contributed by atoms with Gasteiger partial charge in [-0.15, -0.1) is 11.3 Å². The first kappa shape index (κ1) is 16.2. The number of carbonyl (C=O) groups is 1. The number of primary amides is 1. The standard InChI is InChI=1S/C19H18N2O2S/c1-12-8-9-15(23-12)11-21-19-17(18(20)22)13(2)16(24-19)10-14-6-4-3-5-7-14/h3-9,11H,10H2,1-2H3,(H2,20,22). The molecular formula is C19H18N2O2S. The van der Waals surface area contributed by atoms with Gasteiger partial charge in [0.05, 0.1) is 11.8 Å². The molecule has 1 aromatic carbocycles. The molecule has 5 heteroatoms. The second kappa shape index (κ2) is 6.84. The number of aliphatic imine (C=N–C) groups is 1. The minimum absolute atomic E-state index is 0.453. The molecule has 0 saturated heterocycles. The zero-order valence-electron chi connectivity index (χ0n) is 13.6. The molecule has 0 spiro atoms. The van der Waals surface area contributed by atoms with Crippen molar-refractivity contribution >= 4 is 28.5 Å². The predicted octanol–water partition coefficient (Wildman–Crippen LogP) is 4.40. The second-order valence-electron chi connectivity index (χ2n) is 5.56. The monoisotopic (exact) mass is 338 g/mol.